The number of aryl methyl sites for hydroxylation is 8. The van der Waals surface area contributed by atoms with Crippen LogP contribution < -0.4 is 18.3 Å². The van der Waals surface area contributed by atoms with Crippen molar-refractivity contribution in [1.82, 2.24) is 19.9 Å². The highest BCUT2D eigenvalue weighted by Crippen LogP contribution is 2.37. The second kappa shape index (κ2) is 24.0. The third-order valence-electron chi connectivity index (χ3n) is 13.1. The summed E-state index contributed by atoms with van der Waals surface area (Å²) >= 11 is 14.6. The molecular formula is C56H62Br4N8+4. The Labute approximate surface area is 434 Å². The minimum Gasteiger partial charge on any atom is -0.354 e. The van der Waals surface area contributed by atoms with Crippen LogP contribution in [0.15, 0.2) is 122 Å². The van der Waals surface area contributed by atoms with Crippen molar-refractivity contribution in [2.75, 3.05) is 21.3 Å². The van der Waals surface area contributed by atoms with Gasteiger partial charge >= 0.3 is 0 Å². The number of alkyl halides is 4. The molecule has 0 spiro atoms. The number of H-pyrrole nitrogens is 2. The third kappa shape index (κ3) is 11.6. The summed E-state index contributed by atoms with van der Waals surface area (Å²) in [6, 6.07) is 27.0. The molecule has 2 aliphatic rings. The van der Waals surface area contributed by atoms with E-state index in [4.69, 9.17) is 9.97 Å². The summed E-state index contributed by atoms with van der Waals surface area (Å²) in [6.07, 6.45) is 30.4. The minimum atomic E-state index is 0.831. The molecular weight excluding hydrogens is 1100 g/mol. The van der Waals surface area contributed by atoms with Crippen LogP contribution in [0, 0.1) is 0 Å². The molecule has 0 aromatic carbocycles. The Morgan fingerprint density at radius 1 is 0.353 bits per heavy atom. The molecule has 0 radical (unpaired) electrons. The van der Waals surface area contributed by atoms with Crippen molar-refractivity contribution in [3.8, 4) is 44.5 Å². The Bertz CT molecular complexity index is 2620. The van der Waals surface area contributed by atoms with Crippen molar-refractivity contribution in [1.29, 1.82) is 0 Å². The quantitative estimate of drug-likeness (QED) is 0.0453. The average molecular weight is 1170 g/mol. The average Bonchev–Trinajstić information content (AvgIpc) is 4.21. The number of nitrogens with zero attached hydrogens (tertiary/aromatic N) is 6. The van der Waals surface area contributed by atoms with E-state index in [0.29, 0.717) is 0 Å². The van der Waals surface area contributed by atoms with Gasteiger partial charge in [-0.2, -0.15) is 0 Å². The van der Waals surface area contributed by atoms with Crippen molar-refractivity contribution in [3.05, 3.63) is 145 Å². The Morgan fingerprint density at radius 2 is 0.603 bits per heavy atom. The van der Waals surface area contributed by atoms with E-state index in [2.05, 4.69) is 214 Å². The van der Waals surface area contributed by atoms with Gasteiger partial charge in [-0.1, -0.05) is 63.7 Å². The van der Waals surface area contributed by atoms with E-state index in [0.717, 1.165) is 192 Å². The van der Waals surface area contributed by atoms with Crippen LogP contribution in [-0.4, -0.2) is 41.3 Å². The maximum absolute atomic E-state index is 5.73. The molecule has 9 rings (SSSR count). The predicted molar refractivity (Wildman–Crippen MR) is 290 cm³/mol. The summed E-state index contributed by atoms with van der Waals surface area (Å²) in [5.41, 5.74) is 18.0. The van der Waals surface area contributed by atoms with Gasteiger partial charge < -0.3 is 9.97 Å². The van der Waals surface area contributed by atoms with E-state index in [9.17, 15) is 0 Å². The molecule has 0 unspecified atom stereocenters. The lowest BCUT2D eigenvalue weighted by Crippen LogP contribution is -2.32. The lowest BCUT2D eigenvalue weighted by Gasteiger charge is -2.06. The van der Waals surface area contributed by atoms with Crippen LogP contribution in [0.25, 0.3) is 66.6 Å². The summed E-state index contributed by atoms with van der Waals surface area (Å²) in [5.74, 6) is 0. The highest BCUT2D eigenvalue weighted by atomic mass is 79.9. The molecule has 2 aliphatic heterocycles. The summed E-state index contributed by atoms with van der Waals surface area (Å²) < 4.78 is 9.37. The number of hydrogen-bond acceptors (Lipinski definition) is 2. The molecule has 0 saturated heterocycles. The number of unbranched alkanes of at least 4 members (excludes halogenated alkanes) is 4. The fraction of sp³-hybridized carbons (Fsp3) is 0.357. The van der Waals surface area contributed by atoms with Crippen molar-refractivity contribution >= 4 is 85.8 Å². The molecule has 0 saturated carbocycles. The van der Waals surface area contributed by atoms with Crippen molar-refractivity contribution in [3.63, 3.8) is 0 Å². The molecule has 8 nitrogen and oxygen atoms in total. The molecule has 7 aromatic heterocycles. The largest absolute Gasteiger partial charge is 0.354 e. The van der Waals surface area contributed by atoms with Crippen LogP contribution in [-0.2, 0) is 51.9 Å². The molecule has 9 heterocycles. The minimum absolute atomic E-state index is 0.831. The summed E-state index contributed by atoms with van der Waals surface area (Å²) in [4.78, 5) is 19.5. The van der Waals surface area contributed by atoms with Gasteiger partial charge in [0.2, 0.25) is 0 Å². The zero-order valence-corrected chi connectivity index (χ0v) is 45.2. The number of nitrogens with one attached hydrogen (secondary N) is 2. The summed E-state index contributed by atoms with van der Waals surface area (Å²) in [5, 5.41) is 4.04. The molecule has 350 valence electrons. The monoisotopic (exact) mass is 1160 g/mol. The molecule has 8 bridgehead atoms. The predicted octanol–water partition coefficient (Wildman–Crippen LogP) is 12.4. The van der Waals surface area contributed by atoms with Crippen molar-refractivity contribution in [2.45, 2.75) is 103 Å². The van der Waals surface area contributed by atoms with Gasteiger partial charge in [-0.15, -0.1) is 0 Å². The van der Waals surface area contributed by atoms with E-state index in [-0.39, 0.29) is 0 Å². The summed E-state index contributed by atoms with van der Waals surface area (Å²) in [6.45, 7) is 3.84. The van der Waals surface area contributed by atoms with Gasteiger partial charge in [0, 0.05) is 138 Å². The Morgan fingerprint density at radius 3 is 0.838 bits per heavy atom. The van der Waals surface area contributed by atoms with Gasteiger partial charge in [0.05, 0.1) is 22.8 Å². The zero-order chi connectivity index (χ0) is 46.7. The lowest BCUT2D eigenvalue weighted by atomic mass is 10.0. The van der Waals surface area contributed by atoms with E-state index in [1.165, 1.54) is 22.3 Å². The van der Waals surface area contributed by atoms with Gasteiger partial charge in [0.25, 0.3) is 0 Å². The van der Waals surface area contributed by atoms with E-state index in [1.54, 1.807) is 0 Å². The first-order valence-electron chi connectivity index (χ1n) is 24.5. The van der Waals surface area contributed by atoms with E-state index in [1.807, 2.05) is 0 Å². The second-order valence-electron chi connectivity index (χ2n) is 18.0. The third-order valence-corrected chi connectivity index (χ3v) is 15.4. The molecule has 12 heteroatoms. The first kappa shape index (κ1) is 48.7. The number of halogens is 4. The highest BCUT2D eigenvalue weighted by Gasteiger charge is 2.25. The van der Waals surface area contributed by atoms with Gasteiger partial charge in [0.15, 0.2) is 49.6 Å². The molecule has 68 heavy (non-hydrogen) atoms. The first-order chi connectivity index (χ1) is 33.5. The second-order valence-corrected chi connectivity index (χ2v) is 21.2. The molecule has 0 amide bonds. The van der Waals surface area contributed by atoms with E-state index >= 15 is 0 Å². The Kier molecular flexibility index (Phi) is 17.2. The molecule has 0 aliphatic carbocycles. The van der Waals surface area contributed by atoms with Crippen molar-refractivity contribution in [2.24, 2.45) is 0 Å². The SMILES string of the molecule is BrCCCC[n+]1cccc(-c2c3nc(c(-c4ccc[n+](CCCCBr)c4)c4ccc([nH]4)c(-c4ccc[n+](CCCCBr)c4)c4nc(c(-c5ccc[n+](CCCCBr)c5)c5ccc2[nH]5)CC4)CC3)c1. The molecule has 0 atom stereocenters. The number of rotatable bonds is 20. The molecule has 2 N–H and O–H groups in total. The zero-order valence-electron chi connectivity index (χ0n) is 38.9. The van der Waals surface area contributed by atoms with Crippen LogP contribution in [0.5, 0.6) is 0 Å². The normalized spacial score (nSPS) is 12.5. The fourth-order valence-corrected chi connectivity index (χ4v) is 11.4. The lowest BCUT2D eigenvalue weighted by molar-refractivity contribution is -0.697. The van der Waals surface area contributed by atoms with Crippen LogP contribution in [0.3, 0.4) is 0 Å². The number of aromatic amines is 2. The maximum atomic E-state index is 5.73. The van der Waals surface area contributed by atoms with Gasteiger partial charge in [-0.3, -0.25) is 9.97 Å². The van der Waals surface area contributed by atoms with Crippen LogP contribution in [0.1, 0.15) is 74.1 Å². The fourth-order valence-electron chi connectivity index (χ4n) is 9.82. The topological polar surface area (TPSA) is 72.9 Å². The smallest absolute Gasteiger partial charge is 0.176 e. The van der Waals surface area contributed by atoms with Crippen LogP contribution >= 0.6 is 63.7 Å². The standard InChI is InChI=1S/C56H62Br4N8/c57-25-1-5-29-65-33-9-13-41(37-65)53-45-17-19-47(61-45)54(42-14-10-34-66(38-42)30-6-2-26-58)49-21-23-51(63-49)56(44-16-12-36-68(40-44)32-8-4-28-60)52-24-22-50(64-52)55(48-20-18-46(53)62-48)43-15-11-35-67(39-43)31-7-3-27-59/h9-17,19,22,24,33-40,61,64H,1-8,18,20-21,23,25-32H2/q+4. The maximum Gasteiger partial charge on any atom is 0.176 e. The Balaban J connectivity index is 1.36. The number of fused-ring (bicyclic) bond motifs is 8. The summed E-state index contributed by atoms with van der Waals surface area (Å²) in [7, 11) is 0. The van der Waals surface area contributed by atoms with Crippen LogP contribution in [0.4, 0.5) is 0 Å². The molecule has 0 fully saturated rings. The number of pyridine rings is 4. The number of hydrogen-bond donors (Lipinski definition) is 2. The molecule has 7 aromatic rings. The van der Waals surface area contributed by atoms with E-state index < -0.39 is 0 Å². The Hall–Kier alpha value is -4.36. The first-order valence-corrected chi connectivity index (χ1v) is 29.0. The van der Waals surface area contributed by atoms with Gasteiger partial charge in [0.1, 0.15) is 26.2 Å². The van der Waals surface area contributed by atoms with Gasteiger partial charge in [-0.25, -0.2) is 18.3 Å². The van der Waals surface area contributed by atoms with Crippen LogP contribution in [0.2, 0.25) is 0 Å². The number of aromatic nitrogens is 8. The van der Waals surface area contributed by atoms with Gasteiger partial charge in [-0.05, 0) is 99.9 Å². The highest BCUT2D eigenvalue weighted by molar-refractivity contribution is 9.09. The van der Waals surface area contributed by atoms with Crippen molar-refractivity contribution < 1.29 is 18.3 Å².